The van der Waals surface area contributed by atoms with Gasteiger partial charge in [-0.05, 0) is 52.0 Å². The van der Waals surface area contributed by atoms with Gasteiger partial charge in [0.1, 0.15) is 17.6 Å². The maximum atomic E-state index is 16.5. The van der Waals surface area contributed by atoms with Gasteiger partial charge in [0.2, 0.25) is 0 Å². The molecule has 4 unspecified atom stereocenters. The topological polar surface area (TPSA) is 193 Å². The van der Waals surface area contributed by atoms with Gasteiger partial charge in [0.15, 0.2) is 12.4 Å². The number of nitrogens with one attached hydrogen (secondary N) is 2. The molecule has 0 amide bonds. The SMILES string of the molecule is CC(C)OC(=O)[C@H](C)NP(=O)(OC[C@H]1C2(C)O[C@@H](n3cnc4cc5c(N)nc(=O)[nH]c5cc43)C(F)C12CO)Oc1ccccc1. The number of nitrogens with two attached hydrogens (primary N) is 1. The second kappa shape index (κ2) is 11.2. The molecule has 2 aliphatic rings. The lowest BCUT2D eigenvalue weighted by molar-refractivity contribution is -0.149. The van der Waals surface area contributed by atoms with Crippen molar-refractivity contribution >= 4 is 41.5 Å². The summed E-state index contributed by atoms with van der Waals surface area (Å²) in [6, 6.07) is 10.4. The number of aromatic amines is 1. The predicted molar refractivity (Wildman–Crippen MR) is 161 cm³/mol. The second-order valence-electron chi connectivity index (χ2n) is 11.8. The van der Waals surface area contributed by atoms with Crippen molar-refractivity contribution in [2.24, 2.45) is 11.3 Å². The summed E-state index contributed by atoms with van der Waals surface area (Å²) in [5, 5.41) is 13.6. The molecule has 1 saturated heterocycles. The number of benzene rings is 2. The minimum atomic E-state index is -4.24. The van der Waals surface area contributed by atoms with E-state index in [1.54, 1.807) is 63.2 Å². The minimum Gasteiger partial charge on any atom is -0.462 e. The lowest BCUT2D eigenvalue weighted by Crippen LogP contribution is -2.36. The summed E-state index contributed by atoms with van der Waals surface area (Å²) in [6.07, 6.45) is -1.90. The number of carbonyl (C=O) groups excluding carboxylic acids is 1. The fourth-order valence-corrected chi connectivity index (χ4v) is 7.79. The number of para-hydroxylation sites is 1. The molecule has 2 fully saturated rings. The first-order chi connectivity index (χ1) is 21.3. The van der Waals surface area contributed by atoms with Crippen LogP contribution in [0.3, 0.4) is 0 Å². The van der Waals surface area contributed by atoms with Gasteiger partial charge >= 0.3 is 19.4 Å². The first-order valence-electron chi connectivity index (χ1n) is 14.4. The summed E-state index contributed by atoms with van der Waals surface area (Å²) in [6.45, 7) is 5.57. The molecule has 6 rings (SSSR count). The zero-order valence-electron chi connectivity index (χ0n) is 25.0. The summed E-state index contributed by atoms with van der Waals surface area (Å²) in [4.78, 5) is 35.1. The van der Waals surface area contributed by atoms with Gasteiger partial charge in [0.25, 0.3) is 0 Å². The van der Waals surface area contributed by atoms with E-state index in [2.05, 4.69) is 20.0 Å². The largest absolute Gasteiger partial charge is 0.462 e. The molecule has 45 heavy (non-hydrogen) atoms. The number of aliphatic hydroxyl groups is 1. The quantitative estimate of drug-likeness (QED) is 0.138. The monoisotopic (exact) mass is 644 g/mol. The van der Waals surface area contributed by atoms with Crippen LogP contribution < -0.4 is 21.0 Å². The van der Waals surface area contributed by atoms with Crippen molar-refractivity contribution in [2.45, 2.75) is 57.8 Å². The average molecular weight is 645 g/mol. The lowest BCUT2D eigenvalue weighted by Gasteiger charge is -2.26. The summed E-state index contributed by atoms with van der Waals surface area (Å²) in [5.41, 5.74) is 3.98. The number of nitrogens with zero attached hydrogens (tertiary/aromatic N) is 3. The number of anilines is 1. The van der Waals surface area contributed by atoms with E-state index in [1.807, 2.05) is 0 Å². The molecule has 0 spiro atoms. The maximum absolute atomic E-state index is 16.5. The van der Waals surface area contributed by atoms with Crippen LogP contribution in [0.5, 0.6) is 5.75 Å². The highest BCUT2D eigenvalue weighted by Crippen LogP contribution is 2.74. The Labute approximate surface area is 256 Å². The van der Waals surface area contributed by atoms with Crippen LogP contribution in [0.1, 0.15) is 33.9 Å². The molecule has 2 aromatic carbocycles. The number of carbonyl (C=O) groups is 1. The Kier molecular flexibility index (Phi) is 7.73. The smallest absolute Gasteiger partial charge is 0.459 e. The Balaban J connectivity index is 1.24. The van der Waals surface area contributed by atoms with Crippen molar-refractivity contribution in [1.29, 1.82) is 0 Å². The van der Waals surface area contributed by atoms with Crippen LogP contribution in [0, 0.1) is 11.3 Å². The molecule has 2 aromatic heterocycles. The van der Waals surface area contributed by atoms with E-state index in [0.717, 1.165) is 0 Å². The van der Waals surface area contributed by atoms with Gasteiger partial charge in [-0.15, -0.1) is 0 Å². The Hall–Kier alpha value is -3.88. The molecule has 1 aliphatic carbocycles. The molecule has 14 nitrogen and oxygen atoms in total. The number of rotatable bonds is 11. The van der Waals surface area contributed by atoms with Gasteiger partial charge < -0.3 is 34.4 Å². The highest BCUT2D eigenvalue weighted by Gasteiger charge is 2.85. The third kappa shape index (κ3) is 5.18. The first kappa shape index (κ1) is 31.1. The number of aromatic nitrogens is 4. The molecule has 5 N–H and O–H groups in total. The van der Waals surface area contributed by atoms with Gasteiger partial charge in [-0.2, -0.15) is 10.1 Å². The van der Waals surface area contributed by atoms with Crippen molar-refractivity contribution < 1.29 is 37.4 Å². The number of halogens is 1. The fraction of sp³-hybridized carbons (Fsp3) is 0.448. The summed E-state index contributed by atoms with van der Waals surface area (Å²) >= 11 is 0. The number of H-pyrrole nitrogens is 1. The van der Waals surface area contributed by atoms with Gasteiger partial charge in [0.05, 0.1) is 53.2 Å². The highest BCUT2D eigenvalue weighted by atomic mass is 31.2. The third-order valence-corrected chi connectivity index (χ3v) is 10.3. The molecule has 4 aromatic rings. The molecule has 3 heterocycles. The van der Waals surface area contributed by atoms with E-state index in [0.29, 0.717) is 21.9 Å². The zero-order valence-corrected chi connectivity index (χ0v) is 25.9. The van der Waals surface area contributed by atoms with Crippen molar-refractivity contribution in [3.05, 3.63) is 59.3 Å². The Bertz CT molecular complexity index is 1870. The predicted octanol–water partition coefficient (Wildman–Crippen LogP) is 3.22. The van der Waals surface area contributed by atoms with Crippen LogP contribution in [0.4, 0.5) is 10.2 Å². The first-order valence-corrected chi connectivity index (χ1v) is 15.9. The number of ether oxygens (including phenoxy) is 2. The van der Waals surface area contributed by atoms with Crippen molar-refractivity contribution in [3.8, 4) is 5.75 Å². The molecule has 0 radical (unpaired) electrons. The molecular formula is C29H34FN6O8P. The number of esters is 1. The van der Waals surface area contributed by atoms with Crippen LogP contribution >= 0.6 is 7.75 Å². The normalized spacial score (nSPS) is 27.8. The van der Waals surface area contributed by atoms with Crippen molar-refractivity contribution in [2.75, 3.05) is 18.9 Å². The van der Waals surface area contributed by atoms with Crippen molar-refractivity contribution in [3.63, 3.8) is 0 Å². The van der Waals surface area contributed by atoms with Gasteiger partial charge in [-0.1, -0.05) is 18.2 Å². The van der Waals surface area contributed by atoms with E-state index in [-0.39, 0.29) is 18.2 Å². The van der Waals surface area contributed by atoms with Crippen LogP contribution in [0.25, 0.3) is 21.9 Å². The third-order valence-electron chi connectivity index (χ3n) is 8.66. The molecule has 240 valence electrons. The number of fused-ring (bicyclic) bond motifs is 3. The molecule has 7 atom stereocenters. The number of nitrogen functional groups attached to an aromatic ring is 1. The molecular weight excluding hydrogens is 610 g/mol. The van der Waals surface area contributed by atoms with Crippen molar-refractivity contribution in [1.82, 2.24) is 24.6 Å². The summed E-state index contributed by atoms with van der Waals surface area (Å²) < 4.78 is 54.9. The maximum Gasteiger partial charge on any atom is 0.459 e. The lowest BCUT2D eigenvalue weighted by atomic mass is 9.96. The standard InChI is InChI=1S/C29H34FN6O8P/c1-15(2)42-26(38)16(3)35-45(40,44-17-8-6-5-7-9-17)41-12-22-28(4)29(22,13-37)23(30)25(43-28)36-14-32-20-10-18-19(11-21(20)36)33-27(39)34-24(18)31/h5-11,14-16,22-23,25,37H,12-13H2,1-4H3,(H,35,40)(H3,31,33,34,39)/t16-,22-,23?,25+,28?,29?,45?/m0/s1. The Morgan fingerprint density at radius 2 is 2.02 bits per heavy atom. The number of alkyl halides is 1. The van der Waals surface area contributed by atoms with Gasteiger partial charge in [-0.25, -0.2) is 18.7 Å². The van der Waals surface area contributed by atoms with E-state index in [4.69, 9.17) is 24.3 Å². The van der Waals surface area contributed by atoms with E-state index in [9.17, 15) is 19.3 Å². The van der Waals surface area contributed by atoms with E-state index >= 15 is 4.39 Å². The van der Waals surface area contributed by atoms with Gasteiger partial charge in [-0.3, -0.25) is 9.32 Å². The minimum absolute atomic E-state index is 0.0377. The van der Waals surface area contributed by atoms with E-state index < -0.39 is 67.5 Å². The van der Waals surface area contributed by atoms with Crippen LogP contribution in [0.15, 0.2) is 53.6 Å². The highest BCUT2D eigenvalue weighted by molar-refractivity contribution is 7.52. The van der Waals surface area contributed by atoms with Crippen LogP contribution in [0.2, 0.25) is 0 Å². The second-order valence-corrected chi connectivity index (χ2v) is 13.5. The van der Waals surface area contributed by atoms with Crippen LogP contribution in [-0.2, 0) is 23.4 Å². The summed E-state index contributed by atoms with van der Waals surface area (Å²) in [7, 11) is -4.24. The fourth-order valence-electron chi connectivity index (χ4n) is 6.28. The number of hydrogen-bond donors (Lipinski definition) is 4. The number of aliphatic hydroxyl groups excluding tert-OH is 1. The van der Waals surface area contributed by atoms with Crippen LogP contribution in [-0.4, -0.2) is 67.7 Å². The Morgan fingerprint density at radius 3 is 2.69 bits per heavy atom. The summed E-state index contributed by atoms with van der Waals surface area (Å²) in [5.74, 6) is -1.14. The molecule has 1 saturated carbocycles. The number of hydrogen-bond acceptors (Lipinski definition) is 11. The Morgan fingerprint density at radius 1 is 1.29 bits per heavy atom. The average Bonchev–Trinajstić information content (AvgIpc) is 3.17. The van der Waals surface area contributed by atoms with E-state index in [1.165, 1.54) is 17.8 Å². The zero-order chi connectivity index (χ0) is 32.3. The molecule has 1 aliphatic heterocycles. The molecule has 0 bridgehead atoms. The van der Waals surface area contributed by atoms with Gasteiger partial charge in [0, 0.05) is 11.3 Å². The number of imidazole rings is 1. The molecule has 16 heteroatoms.